The van der Waals surface area contributed by atoms with Gasteiger partial charge in [-0.25, -0.2) is 20.2 Å². The number of nitrogens with one attached hydrogen (secondary N) is 2. The fourth-order valence-electron chi connectivity index (χ4n) is 1.56. The molecule has 1 aromatic carbocycles. The summed E-state index contributed by atoms with van der Waals surface area (Å²) in [6, 6.07) is 8.03. The summed E-state index contributed by atoms with van der Waals surface area (Å²) >= 11 is 0. The smallest absolute Gasteiger partial charge is 0.146 e. The summed E-state index contributed by atoms with van der Waals surface area (Å²) in [7, 11) is 0. The van der Waals surface area contributed by atoms with E-state index >= 15 is 0 Å². The van der Waals surface area contributed by atoms with Crippen LogP contribution in [-0.4, -0.2) is 9.97 Å². The molecule has 6 heteroatoms. The maximum Gasteiger partial charge on any atom is 0.146 e. The molecule has 0 bridgehead atoms. The molecular weight excluding hydrogens is 245 g/mol. The Hall–Kier alpha value is -2.21. The van der Waals surface area contributed by atoms with Crippen molar-refractivity contribution in [1.29, 1.82) is 0 Å². The quantitative estimate of drug-likeness (QED) is 0.583. The number of hydrogen-bond acceptors (Lipinski definition) is 5. The topological polar surface area (TPSA) is 75.9 Å². The summed E-state index contributed by atoms with van der Waals surface area (Å²) in [6.45, 7) is 3.95. The van der Waals surface area contributed by atoms with Gasteiger partial charge in [0.05, 0.1) is 5.69 Å². The Kier molecular flexibility index (Phi) is 3.91. The lowest BCUT2D eigenvalue weighted by atomic mass is 10.2. The zero-order valence-corrected chi connectivity index (χ0v) is 10.8. The molecule has 100 valence electrons. The van der Waals surface area contributed by atoms with Crippen molar-refractivity contribution < 1.29 is 4.39 Å². The minimum absolute atomic E-state index is 0.148. The van der Waals surface area contributed by atoms with Gasteiger partial charge in [0.25, 0.3) is 0 Å². The predicted octanol–water partition coefficient (Wildman–Crippen LogP) is 2.77. The summed E-state index contributed by atoms with van der Waals surface area (Å²) in [6.07, 6.45) is 0. The molecular formula is C13H16FN5. The van der Waals surface area contributed by atoms with Gasteiger partial charge in [-0.05, 0) is 12.1 Å². The van der Waals surface area contributed by atoms with Crippen LogP contribution in [0.5, 0.6) is 0 Å². The van der Waals surface area contributed by atoms with E-state index in [1.807, 2.05) is 13.8 Å². The molecule has 0 aliphatic carbocycles. The number of rotatable bonds is 4. The van der Waals surface area contributed by atoms with Crippen LogP contribution in [-0.2, 0) is 0 Å². The number of hydrogen-bond donors (Lipinski definition) is 3. The number of hydrazine groups is 1. The lowest BCUT2D eigenvalue weighted by molar-refractivity contribution is 0.631. The number of nitrogens with zero attached hydrogens (tertiary/aromatic N) is 2. The Balaban J connectivity index is 2.34. The highest BCUT2D eigenvalue weighted by molar-refractivity contribution is 5.59. The maximum atomic E-state index is 13.6. The first-order valence-corrected chi connectivity index (χ1v) is 5.97. The van der Waals surface area contributed by atoms with Gasteiger partial charge in [0.15, 0.2) is 0 Å². The molecule has 0 radical (unpaired) electrons. The Morgan fingerprint density at radius 2 is 1.84 bits per heavy atom. The highest BCUT2D eigenvalue weighted by Gasteiger charge is 2.09. The Bertz CT molecular complexity index is 571. The van der Waals surface area contributed by atoms with Crippen LogP contribution < -0.4 is 16.6 Å². The highest BCUT2D eigenvalue weighted by atomic mass is 19.1. The number of nitrogen functional groups attached to an aromatic ring is 1. The van der Waals surface area contributed by atoms with Crippen LogP contribution in [0.3, 0.4) is 0 Å². The van der Waals surface area contributed by atoms with E-state index in [0.29, 0.717) is 23.1 Å². The molecule has 0 atom stereocenters. The lowest BCUT2D eigenvalue weighted by Gasteiger charge is -2.11. The Labute approximate surface area is 111 Å². The molecule has 1 aromatic heterocycles. The number of aromatic nitrogens is 2. The highest BCUT2D eigenvalue weighted by Crippen LogP contribution is 2.21. The average Bonchev–Trinajstić information content (AvgIpc) is 2.41. The second-order valence-corrected chi connectivity index (χ2v) is 4.40. The van der Waals surface area contributed by atoms with Crippen LogP contribution in [0.4, 0.5) is 21.7 Å². The molecule has 2 rings (SSSR count). The summed E-state index contributed by atoms with van der Waals surface area (Å²) in [4.78, 5) is 8.57. The van der Waals surface area contributed by atoms with Crippen molar-refractivity contribution in [2.75, 3.05) is 10.7 Å². The molecule has 4 N–H and O–H groups in total. The van der Waals surface area contributed by atoms with Crippen molar-refractivity contribution in [3.8, 4) is 0 Å². The SMILES string of the molecule is CC(C)c1nc(NN)cc(Nc2ccccc2F)n1. The van der Waals surface area contributed by atoms with Crippen molar-refractivity contribution in [1.82, 2.24) is 9.97 Å². The van der Waals surface area contributed by atoms with Crippen molar-refractivity contribution in [3.63, 3.8) is 0 Å². The third-order valence-corrected chi connectivity index (χ3v) is 2.54. The second-order valence-electron chi connectivity index (χ2n) is 4.40. The molecule has 5 nitrogen and oxygen atoms in total. The lowest BCUT2D eigenvalue weighted by Crippen LogP contribution is -2.12. The first kappa shape index (κ1) is 13.2. The van der Waals surface area contributed by atoms with E-state index in [9.17, 15) is 4.39 Å². The van der Waals surface area contributed by atoms with Gasteiger partial charge < -0.3 is 10.7 Å². The zero-order valence-electron chi connectivity index (χ0n) is 10.8. The van der Waals surface area contributed by atoms with Crippen LogP contribution >= 0.6 is 0 Å². The zero-order chi connectivity index (χ0) is 13.8. The van der Waals surface area contributed by atoms with Crippen LogP contribution in [0.2, 0.25) is 0 Å². The fourth-order valence-corrected chi connectivity index (χ4v) is 1.56. The molecule has 0 saturated carbocycles. The van der Waals surface area contributed by atoms with Gasteiger partial charge in [-0.15, -0.1) is 0 Å². The van der Waals surface area contributed by atoms with Crippen LogP contribution in [0.25, 0.3) is 0 Å². The molecule has 0 spiro atoms. The van der Waals surface area contributed by atoms with E-state index in [1.165, 1.54) is 6.07 Å². The molecule has 0 amide bonds. The molecule has 0 unspecified atom stereocenters. The molecule has 2 aromatic rings. The third-order valence-electron chi connectivity index (χ3n) is 2.54. The summed E-state index contributed by atoms with van der Waals surface area (Å²) < 4.78 is 13.6. The monoisotopic (exact) mass is 261 g/mol. The van der Waals surface area contributed by atoms with Crippen LogP contribution in [0, 0.1) is 5.82 Å². The molecule has 0 aliphatic rings. The molecule has 0 fully saturated rings. The van der Waals surface area contributed by atoms with E-state index in [0.717, 1.165) is 0 Å². The van der Waals surface area contributed by atoms with E-state index in [1.54, 1.807) is 24.3 Å². The van der Waals surface area contributed by atoms with Gasteiger partial charge in [-0.3, -0.25) is 0 Å². The summed E-state index contributed by atoms with van der Waals surface area (Å²) in [5.41, 5.74) is 2.84. The summed E-state index contributed by atoms with van der Waals surface area (Å²) in [5.74, 6) is 6.79. The van der Waals surface area contributed by atoms with Crippen LogP contribution in [0.15, 0.2) is 30.3 Å². The Morgan fingerprint density at radius 1 is 1.16 bits per heavy atom. The number of anilines is 3. The number of benzene rings is 1. The van der Waals surface area contributed by atoms with Crippen LogP contribution in [0.1, 0.15) is 25.6 Å². The maximum absolute atomic E-state index is 13.6. The first-order valence-electron chi connectivity index (χ1n) is 5.97. The third kappa shape index (κ3) is 3.17. The van der Waals surface area contributed by atoms with Crippen molar-refractivity contribution in [2.24, 2.45) is 5.84 Å². The fraction of sp³-hybridized carbons (Fsp3) is 0.231. The average molecular weight is 261 g/mol. The Morgan fingerprint density at radius 3 is 2.47 bits per heavy atom. The molecule has 1 heterocycles. The van der Waals surface area contributed by atoms with E-state index < -0.39 is 0 Å². The van der Waals surface area contributed by atoms with Gasteiger partial charge in [-0.1, -0.05) is 26.0 Å². The van der Waals surface area contributed by atoms with Crippen molar-refractivity contribution in [3.05, 3.63) is 42.0 Å². The number of halogens is 1. The van der Waals surface area contributed by atoms with Crippen molar-refractivity contribution in [2.45, 2.75) is 19.8 Å². The molecule has 0 aliphatic heterocycles. The first-order chi connectivity index (χ1) is 9.10. The minimum Gasteiger partial charge on any atom is -0.338 e. The number of nitrogens with two attached hydrogens (primary N) is 1. The van der Waals surface area contributed by atoms with Crippen molar-refractivity contribution >= 4 is 17.3 Å². The second kappa shape index (κ2) is 5.62. The van der Waals surface area contributed by atoms with E-state index in [-0.39, 0.29) is 11.7 Å². The standard InChI is InChI=1S/C13H16FN5/c1-8(2)13-17-11(7-12(18-13)19-15)16-10-6-4-3-5-9(10)14/h3-8H,15H2,1-2H3,(H2,16,17,18,19). The number of para-hydroxylation sites is 1. The van der Waals surface area contributed by atoms with Gasteiger partial charge in [0, 0.05) is 12.0 Å². The van der Waals surface area contributed by atoms with E-state index in [2.05, 4.69) is 20.7 Å². The summed E-state index contributed by atoms with van der Waals surface area (Å²) in [5, 5.41) is 2.92. The predicted molar refractivity (Wildman–Crippen MR) is 73.6 cm³/mol. The molecule has 0 saturated heterocycles. The largest absolute Gasteiger partial charge is 0.338 e. The minimum atomic E-state index is -0.338. The van der Waals surface area contributed by atoms with Gasteiger partial charge in [-0.2, -0.15) is 0 Å². The van der Waals surface area contributed by atoms with Gasteiger partial charge in [0.1, 0.15) is 23.3 Å². The van der Waals surface area contributed by atoms with Gasteiger partial charge in [0.2, 0.25) is 0 Å². The van der Waals surface area contributed by atoms with E-state index in [4.69, 9.17) is 5.84 Å². The molecule has 19 heavy (non-hydrogen) atoms. The normalized spacial score (nSPS) is 10.6. The van der Waals surface area contributed by atoms with Gasteiger partial charge >= 0.3 is 0 Å².